The van der Waals surface area contributed by atoms with Gasteiger partial charge in [-0.1, -0.05) is 0 Å². The maximum Gasteiger partial charge on any atom is 0.276 e. The van der Waals surface area contributed by atoms with Crippen molar-refractivity contribution in [1.29, 1.82) is 0 Å². The van der Waals surface area contributed by atoms with Gasteiger partial charge in [-0.2, -0.15) is 5.10 Å². The van der Waals surface area contributed by atoms with E-state index in [2.05, 4.69) is 10.4 Å². The summed E-state index contributed by atoms with van der Waals surface area (Å²) in [6, 6.07) is 0. The van der Waals surface area contributed by atoms with Gasteiger partial charge >= 0.3 is 0 Å². The second-order valence-electron chi connectivity index (χ2n) is 5.17. The van der Waals surface area contributed by atoms with Crippen molar-refractivity contribution in [1.82, 2.24) is 20.0 Å². The van der Waals surface area contributed by atoms with Crippen LogP contribution < -0.4 is 5.32 Å². The van der Waals surface area contributed by atoms with Crippen LogP contribution in [-0.4, -0.2) is 45.0 Å². The fraction of sp³-hybridized carbons (Fsp3) is 0.500. The number of aryl methyl sites for hydroxylation is 1. The monoisotopic (exact) mass is 306 g/mol. The Bertz CT molecular complexity index is 590. The van der Waals surface area contributed by atoms with Gasteiger partial charge in [0.25, 0.3) is 5.91 Å². The minimum absolute atomic E-state index is 0.0934. The van der Waals surface area contributed by atoms with Gasteiger partial charge in [-0.3, -0.25) is 14.4 Å². The number of rotatable bonds is 4. The molecule has 0 bridgehead atoms. The van der Waals surface area contributed by atoms with E-state index in [-0.39, 0.29) is 12.0 Å². The SMILES string of the molecule is CCn1cc(/C=C2/NC(=S)N(C[C@H]3CCCO3)C2=O)cn1. The van der Waals surface area contributed by atoms with Crippen LogP contribution in [0.3, 0.4) is 0 Å². The van der Waals surface area contributed by atoms with Crippen molar-refractivity contribution in [3.05, 3.63) is 23.7 Å². The third-order valence-corrected chi connectivity index (χ3v) is 3.98. The van der Waals surface area contributed by atoms with Gasteiger partial charge < -0.3 is 10.1 Å². The molecule has 2 aliphatic rings. The first-order chi connectivity index (χ1) is 10.2. The standard InChI is InChI=1S/C14H18N4O2S/c1-2-17-8-10(7-15-17)6-12-13(19)18(14(21)16-12)9-11-4-3-5-20-11/h6-8,11H,2-5,9H2,1H3,(H,16,21)/b12-6+/t11-/m1/s1. The number of nitrogens with one attached hydrogen (secondary N) is 1. The largest absolute Gasteiger partial charge is 0.376 e. The van der Waals surface area contributed by atoms with Crippen LogP contribution in [0.5, 0.6) is 0 Å². The highest BCUT2D eigenvalue weighted by atomic mass is 32.1. The average molecular weight is 306 g/mol. The molecule has 0 spiro atoms. The summed E-state index contributed by atoms with van der Waals surface area (Å²) in [6.07, 6.45) is 7.53. The highest BCUT2D eigenvalue weighted by Crippen LogP contribution is 2.18. The van der Waals surface area contributed by atoms with Crippen LogP contribution >= 0.6 is 12.2 Å². The van der Waals surface area contributed by atoms with E-state index in [1.165, 1.54) is 0 Å². The number of carbonyl (C=O) groups excluding carboxylic acids is 1. The number of ether oxygens (including phenoxy) is 1. The predicted molar refractivity (Wildman–Crippen MR) is 82.3 cm³/mol. The molecule has 7 heteroatoms. The number of nitrogens with zero attached hydrogens (tertiary/aromatic N) is 3. The summed E-state index contributed by atoms with van der Waals surface area (Å²) in [5.74, 6) is -0.0975. The quantitative estimate of drug-likeness (QED) is 0.668. The van der Waals surface area contributed by atoms with Crippen LogP contribution in [0.15, 0.2) is 18.1 Å². The van der Waals surface area contributed by atoms with E-state index >= 15 is 0 Å². The van der Waals surface area contributed by atoms with E-state index in [1.54, 1.807) is 17.2 Å². The van der Waals surface area contributed by atoms with E-state index in [4.69, 9.17) is 17.0 Å². The Labute approximate surface area is 128 Å². The van der Waals surface area contributed by atoms with E-state index in [1.807, 2.05) is 17.8 Å². The van der Waals surface area contributed by atoms with E-state index in [9.17, 15) is 4.79 Å². The molecule has 1 atom stereocenters. The van der Waals surface area contributed by atoms with Crippen molar-refractivity contribution in [2.24, 2.45) is 0 Å². The predicted octanol–water partition coefficient (Wildman–Crippen LogP) is 1.14. The maximum atomic E-state index is 12.4. The zero-order chi connectivity index (χ0) is 14.8. The number of carbonyl (C=O) groups is 1. The Morgan fingerprint density at radius 2 is 2.48 bits per heavy atom. The molecular weight excluding hydrogens is 288 g/mol. The molecule has 2 fully saturated rings. The van der Waals surface area contributed by atoms with E-state index < -0.39 is 0 Å². The zero-order valence-electron chi connectivity index (χ0n) is 11.9. The second-order valence-corrected chi connectivity index (χ2v) is 5.56. The van der Waals surface area contributed by atoms with Gasteiger partial charge in [0.1, 0.15) is 5.70 Å². The first-order valence-corrected chi connectivity index (χ1v) is 7.57. The summed E-state index contributed by atoms with van der Waals surface area (Å²) in [6.45, 7) is 4.11. The Balaban J connectivity index is 1.72. The lowest BCUT2D eigenvalue weighted by atomic mass is 10.2. The summed E-state index contributed by atoms with van der Waals surface area (Å²) in [5, 5.41) is 7.62. The minimum atomic E-state index is -0.0975. The van der Waals surface area contributed by atoms with Crippen LogP contribution in [0, 0.1) is 0 Å². The summed E-state index contributed by atoms with van der Waals surface area (Å²) >= 11 is 5.25. The van der Waals surface area contributed by atoms with Crippen LogP contribution in [0.2, 0.25) is 0 Å². The highest BCUT2D eigenvalue weighted by molar-refractivity contribution is 7.80. The van der Waals surface area contributed by atoms with E-state index in [0.717, 1.165) is 31.6 Å². The molecule has 1 aromatic rings. The summed E-state index contributed by atoms with van der Waals surface area (Å²) in [5.41, 5.74) is 1.38. The topological polar surface area (TPSA) is 59.4 Å². The molecule has 2 aliphatic heterocycles. The van der Waals surface area contributed by atoms with Crippen molar-refractivity contribution in [2.75, 3.05) is 13.2 Å². The van der Waals surface area contributed by atoms with Crippen molar-refractivity contribution < 1.29 is 9.53 Å². The molecule has 0 unspecified atom stereocenters. The third kappa shape index (κ3) is 2.98. The zero-order valence-corrected chi connectivity index (χ0v) is 12.7. The summed E-state index contributed by atoms with van der Waals surface area (Å²) in [4.78, 5) is 14.0. The van der Waals surface area contributed by atoms with Gasteiger partial charge in [-0.25, -0.2) is 0 Å². The summed E-state index contributed by atoms with van der Waals surface area (Å²) in [7, 11) is 0. The van der Waals surface area contributed by atoms with Crippen LogP contribution in [0.25, 0.3) is 6.08 Å². The maximum absolute atomic E-state index is 12.4. The molecule has 1 amide bonds. The van der Waals surface area contributed by atoms with Gasteiger partial charge in [0.15, 0.2) is 5.11 Å². The normalized spacial score (nSPS) is 24.1. The first-order valence-electron chi connectivity index (χ1n) is 7.16. The number of amides is 1. The Kier molecular flexibility index (Phi) is 4.03. The molecule has 3 heterocycles. The van der Waals surface area contributed by atoms with Crippen LogP contribution in [0.4, 0.5) is 0 Å². The van der Waals surface area contributed by atoms with Crippen molar-refractivity contribution in [2.45, 2.75) is 32.4 Å². The Morgan fingerprint density at radius 3 is 3.14 bits per heavy atom. The van der Waals surface area contributed by atoms with Crippen LogP contribution in [0.1, 0.15) is 25.3 Å². The molecule has 112 valence electrons. The van der Waals surface area contributed by atoms with Crippen molar-refractivity contribution in [3.8, 4) is 0 Å². The van der Waals surface area contributed by atoms with Gasteiger partial charge in [-0.05, 0) is 38.1 Å². The van der Waals surface area contributed by atoms with Gasteiger partial charge in [-0.15, -0.1) is 0 Å². The molecule has 1 N–H and O–H groups in total. The lowest BCUT2D eigenvalue weighted by Crippen LogP contribution is -2.37. The lowest BCUT2D eigenvalue weighted by Gasteiger charge is -2.18. The molecular formula is C14H18N4O2S. The number of hydrogen-bond acceptors (Lipinski definition) is 4. The Hall–Kier alpha value is -1.73. The average Bonchev–Trinajstić information content (AvgIpc) is 3.18. The molecule has 0 aromatic carbocycles. The Morgan fingerprint density at radius 1 is 1.62 bits per heavy atom. The third-order valence-electron chi connectivity index (χ3n) is 3.66. The number of aromatic nitrogens is 2. The fourth-order valence-corrected chi connectivity index (χ4v) is 2.79. The van der Waals surface area contributed by atoms with Crippen molar-refractivity contribution in [3.63, 3.8) is 0 Å². The molecule has 21 heavy (non-hydrogen) atoms. The van der Waals surface area contributed by atoms with Gasteiger partial charge in [0.2, 0.25) is 0 Å². The van der Waals surface area contributed by atoms with Gasteiger partial charge in [0, 0.05) is 24.9 Å². The van der Waals surface area contributed by atoms with Gasteiger partial charge in [0.05, 0.1) is 18.8 Å². The molecule has 1 aromatic heterocycles. The minimum Gasteiger partial charge on any atom is -0.376 e. The smallest absolute Gasteiger partial charge is 0.276 e. The van der Waals surface area contributed by atoms with Crippen molar-refractivity contribution >= 4 is 29.3 Å². The molecule has 3 rings (SSSR count). The fourth-order valence-electron chi connectivity index (χ4n) is 2.52. The molecule has 2 saturated heterocycles. The molecule has 6 nitrogen and oxygen atoms in total. The molecule has 0 saturated carbocycles. The first kappa shape index (κ1) is 14.2. The molecule has 0 radical (unpaired) electrons. The van der Waals surface area contributed by atoms with E-state index in [0.29, 0.717) is 17.4 Å². The van der Waals surface area contributed by atoms with Crippen LogP contribution in [-0.2, 0) is 16.1 Å². The lowest BCUT2D eigenvalue weighted by molar-refractivity contribution is -0.123. The number of thiocarbonyl (C=S) groups is 1. The number of hydrogen-bond donors (Lipinski definition) is 1. The highest BCUT2D eigenvalue weighted by Gasteiger charge is 2.33. The second kappa shape index (κ2) is 5.95. The summed E-state index contributed by atoms with van der Waals surface area (Å²) < 4.78 is 7.38. The molecule has 0 aliphatic carbocycles.